The summed E-state index contributed by atoms with van der Waals surface area (Å²) in [6.45, 7) is 0. The quantitative estimate of drug-likeness (QED) is 0.882. The SMILES string of the molecule is COc1ccc(C(=O)O)c(NS(=O)(=O)C(F)(F)F)c1. The summed E-state index contributed by atoms with van der Waals surface area (Å²) in [4.78, 5) is 10.8. The fourth-order valence-electron chi connectivity index (χ4n) is 1.12. The first kappa shape index (κ1) is 15.1. The number of nitrogens with one attached hydrogen (secondary N) is 1. The first-order valence-corrected chi connectivity index (χ1v) is 6.07. The highest BCUT2D eigenvalue weighted by Gasteiger charge is 2.46. The molecule has 0 spiro atoms. The predicted octanol–water partition coefficient (Wildman–Crippen LogP) is 1.65. The molecule has 6 nitrogen and oxygen atoms in total. The molecule has 0 aliphatic carbocycles. The minimum absolute atomic E-state index is 0.00451. The first-order valence-electron chi connectivity index (χ1n) is 4.59. The van der Waals surface area contributed by atoms with Gasteiger partial charge in [-0.3, -0.25) is 4.72 Å². The van der Waals surface area contributed by atoms with Crippen LogP contribution in [0.5, 0.6) is 5.75 Å². The van der Waals surface area contributed by atoms with E-state index in [0.29, 0.717) is 0 Å². The van der Waals surface area contributed by atoms with Crippen molar-refractivity contribution >= 4 is 21.7 Å². The Balaban J connectivity index is 3.30. The van der Waals surface area contributed by atoms with Crippen LogP contribution in [0.15, 0.2) is 18.2 Å². The van der Waals surface area contributed by atoms with E-state index in [-0.39, 0.29) is 5.75 Å². The lowest BCUT2D eigenvalue weighted by Gasteiger charge is -2.13. The van der Waals surface area contributed by atoms with Crippen molar-refractivity contribution in [2.75, 3.05) is 11.8 Å². The molecule has 0 aliphatic heterocycles. The van der Waals surface area contributed by atoms with Crippen LogP contribution in [0.4, 0.5) is 18.9 Å². The van der Waals surface area contributed by atoms with Gasteiger partial charge in [-0.15, -0.1) is 0 Å². The van der Waals surface area contributed by atoms with Gasteiger partial charge in [0.15, 0.2) is 0 Å². The van der Waals surface area contributed by atoms with E-state index in [9.17, 15) is 26.4 Å². The number of carbonyl (C=O) groups is 1. The predicted molar refractivity (Wildman–Crippen MR) is 58.6 cm³/mol. The van der Waals surface area contributed by atoms with Crippen LogP contribution >= 0.6 is 0 Å². The van der Waals surface area contributed by atoms with Crippen LogP contribution < -0.4 is 9.46 Å². The molecule has 0 heterocycles. The van der Waals surface area contributed by atoms with E-state index < -0.39 is 32.8 Å². The highest BCUT2D eigenvalue weighted by molar-refractivity contribution is 7.93. The summed E-state index contributed by atoms with van der Waals surface area (Å²) >= 11 is 0. The van der Waals surface area contributed by atoms with Crippen molar-refractivity contribution in [3.05, 3.63) is 23.8 Å². The number of hydrogen-bond donors (Lipinski definition) is 2. The van der Waals surface area contributed by atoms with Crippen LogP contribution in [-0.2, 0) is 10.0 Å². The van der Waals surface area contributed by atoms with Crippen LogP contribution in [0.1, 0.15) is 10.4 Å². The molecule has 106 valence electrons. The maximum absolute atomic E-state index is 12.2. The Labute approximate surface area is 105 Å². The van der Waals surface area contributed by atoms with Crippen LogP contribution in [0.25, 0.3) is 0 Å². The number of methoxy groups -OCH3 is 1. The Bertz CT molecular complexity index is 596. The Morgan fingerprint density at radius 1 is 1.37 bits per heavy atom. The van der Waals surface area contributed by atoms with Gasteiger partial charge in [-0.05, 0) is 12.1 Å². The Morgan fingerprint density at radius 3 is 2.37 bits per heavy atom. The van der Waals surface area contributed by atoms with E-state index >= 15 is 0 Å². The van der Waals surface area contributed by atoms with Crippen LogP contribution in [0.2, 0.25) is 0 Å². The van der Waals surface area contributed by atoms with Gasteiger partial charge in [-0.25, -0.2) is 4.79 Å². The molecule has 0 radical (unpaired) electrons. The van der Waals surface area contributed by atoms with E-state index in [0.717, 1.165) is 12.1 Å². The molecule has 0 bridgehead atoms. The number of carboxylic acids is 1. The van der Waals surface area contributed by atoms with E-state index in [2.05, 4.69) is 4.74 Å². The van der Waals surface area contributed by atoms with Gasteiger partial charge in [0, 0.05) is 6.07 Å². The zero-order valence-electron chi connectivity index (χ0n) is 9.35. The summed E-state index contributed by atoms with van der Waals surface area (Å²) in [7, 11) is -4.51. The number of rotatable bonds is 4. The third kappa shape index (κ3) is 3.28. The van der Waals surface area contributed by atoms with Gasteiger partial charge in [0.05, 0.1) is 18.4 Å². The molecular weight excluding hydrogens is 291 g/mol. The lowest BCUT2D eigenvalue weighted by atomic mass is 10.2. The number of carboxylic acid groups (broad SMARTS) is 1. The van der Waals surface area contributed by atoms with Gasteiger partial charge in [-0.2, -0.15) is 21.6 Å². The summed E-state index contributed by atoms with van der Waals surface area (Å²) < 4.78 is 64.3. The van der Waals surface area contributed by atoms with Gasteiger partial charge in [0.25, 0.3) is 0 Å². The minimum Gasteiger partial charge on any atom is -0.497 e. The molecule has 0 atom stereocenters. The molecule has 0 aliphatic rings. The van der Waals surface area contributed by atoms with E-state index in [1.165, 1.54) is 17.9 Å². The van der Waals surface area contributed by atoms with Gasteiger partial charge >= 0.3 is 21.5 Å². The van der Waals surface area contributed by atoms with Gasteiger partial charge in [-0.1, -0.05) is 0 Å². The van der Waals surface area contributed by atoms with Gasteiger partial charge in [0.1, 0.15) is 5.75 Å². The largest absolute Gasteiger partial charge is 0.516 e. The van der Waals surface area contributed by atoms with Crippen molar-refractivity contribution in [1.29, 1.82) is 0 Å². The van der Waals surface area contributed by atoms with Gasteiger partial charge in [0.2, 0.25) is 0 Å². The van der Waals surface area contributed by atoms with Gasteiger partial charge < -0.3 is 9.84 Å². The molecule has 1 rings (SSSR count). The third-order valence-electron chi connectivity index (χ3n) is 2.01. The average molecular weight is 299 g/mol. The first-order chi connectivity index (χ1) is 8.58. The molecule has 1 aromatic carbocycles. The number of ether oxygens (including phenoxy) is 1. The Morgan fingerprint density at radius 2 is 1.95 bits per heavy atom. The fraction of sp³-hybridized carbons (Fsp3) is 0.222. The molecular formula is C9H8F3NO5S. The van der Waals surface area contributed by atoms with Crippen LogP contribution in [0, 0.1) is 0 Å². The van der Waals surface area contributed by atoms with Crippen molar-refractivity contribution in [1.82, 2.24) is 0 Å². The summed E-state index contributed by atoms with van der Waals surface area (Å²) in [5.74, 6) is -1.58. The lowest BCUT2D eigenvalue weighted by molar-refractivity contribution is -0.0429. The number of halogens is 3. The zero-order valence-corrected chi connectivity index (χ0v) is 10.2. The summed E-state index contributed by atoms with van der Waals surface area (Å²) in [5.41, 5.74) is -6.91. The van der Waals surface area contributed by atoms with E-state index in [1.807, 2.05) is 0 Å². The fourth-order valence-corrected chi connectivity index (χ4v) is 1.70. The second-order valence-electron chi connectivity index (χ2n) is 3.27. The molecule has 0 saturated heterocycles. The normalized spacial score (nSPS) is 12.0. The molecule has 1 aromatic rings. The average Bonchev–Trinajstić information content (AvgIpc) is 2.26. The topological polar surface area (TPSA) is 92.7 Å². The molecule has 0 aromatic heterocycles. The third-order valence-corrected chi connectivity index (χ3v) is 3.10. The second-order valence-corrected chi connectivity index (χ2v) is 4.94. The smallest absolute Gasteiger partial charge is 0.497 e. The number of hydrogen-bond acceptors (Lipinski definition) is 4. The Hall–Kier alpha value is -1.97. The maximum atomic E-state index is 12.2. The lowest BCUT2D eigenvalue weighted by Crippen LogP contribution is -2.30. The molecule has 10 heteroatoms. The maximum Gasteiger partial charge on any atom is 0.516 e. The monoisotopic (exact) mass is 299 g/mol. The summed E-state index contributed by atoms with van der Waals surface area (Å²) in [6, 6.07) is 2.94. The van der Waals surface area contributed by atoms with Crippen LogP contribution in [0.3, 0.4) is 0 Å². The molecule has 19 heavy (non-hydrogen) atoms. The Kier molecular flexibility index (Phi) is 3.94. The number of benzene rings is 1. The van der Waals surface area contributed by atoms with Crippen molar-refractivity contribution in [3.63, 3.8) is 0 Å². The molecule has 0 saturated carbocycles. The summed E-state index contributed by atoms with van der Waals surface area (Å²) in [6.07, 6.45) is 0. The highest BCUT2D eigenvalue weighted by atomic mass is 32.2. The number of alkyl halides is 3. The van der Waals surface area contributed by atoms with E-state index in [4.69, 9.17) is 5.11 Å². The van der Waals surface area contributed by atoms with Crippen molar-refractivity contribution in [2.45, 2.75) is 5.51 Å². The molecule has 0 amide bonds. The molecule has 0 unspecified atom stereocenters. The molecule has 2 N–H and O–H groups in total. The van der Waals surface area contributed by atoms with E-state index in [1.54, 1.807) is 0 Å². The van der Waals surface area contributed by atoms with Crippen molar-refractivity contribution in [2.24, 2.45) is 0 Å². The molecule has 0 fully saturated rings. The number of anilines is 1. The second kappa shape index (κ2) is 4.96. The summed E-state index contributed by atoms with van der Waals surface area (Å²) in [5, 5.41) is 8.77. The standard InChI is InChI=1S/C9H8F3NO5S/c1-18-5-2-3-6(8(14)15)7(4-5)13-19(16,17)9(10,11)12/h2-4,13H,1H3,(H,14,15). The number of aromatic carboxylic acids is 1. The minimum atomic E-state index is -5.70. The number of sulfonamides is 1. The highest BCUT2D eigenvalue weighted by Crippen LogP contribution is 2.29. The van der Waals surface area contributed by atoms with Crippen molar-refractivity contribution < 1.29 is 36.2 Å². The van der Waals surface area contributed by atoms with Crippen molar-refractivity contribution in [3.8, 4) is 5.75 Å². The van der Waals surface area contributed by atoms with Crippen LogP contribution in [-0.4, -0.2) is 32.1 Å². The zero-order chi connectivity index (χ0) is 14.8.